The predicted octanol–water partition coefficient (Wildman–Crippen LogP) is 5.49. The van der Waals surface area contributed by atoms with Crippen molar-refractivity contribution in [1.29, 1.82) is 0 Å². The van der Waals surface area contributed by atoms with Crippen molar-refractivity contribution in [3.05, 3.63) is 72.8 Å². The first-order chi connectivity index (χ1) is 14.4. The van der Waals surface area contributed by atoms with Crippen LogP contribution >= 0.6 is 0 Å². The Balaban J connectivity index is 2.13. The van der Waals surface area contributed by atoms with Crippen LogP contribution in [0.4, 0.5) is 37.7 Å². The summed E-state index contributed by atoms with van der Waals surface area (Å²) in [7, 11) is 0. The van der Waals surface area contributed by atoms with Crippen molar-refractivity contribution in [2.75, 3.05) is 11.5 Å². The van der Waals surface area contributed by atoms with Crippen LogP contribution in [0.25, 0.3) is 0 Å². The lowest BCUT2D eigenvalue weighted by molar-refractivity contribution is -0.314. The number of allylic oxidation sites excluding steroid dienone is 2. The molecular formula is C21H18F6N2O2. The van der Waals surface area contributed by atoms with E-state index in [-0.39, 0.29) is 11.5 Å². The van der Waals surface area contributed by atoms with E-state index in [0.29, 0.717) is 11.4 Å². The second-order valence-corrected chi connectivity index (χ2v) is 6.89. The highest BCUT2D eigenvalue weighted by atomic mass is 19.4. The van der Waals surface area contributed by atoms with E-state index in [9.17, 15) is 26.3 Å². The Bertz CT molecular complexity index is 888. The lowest BCUT2D eigenvalue weighted by atomic mass is 9.81. The third kappa shape index (κ3) is 5.07. The van der Waals surface area contributed by atoms with Crippen LogP contribution in [-0.2, 0) is 0 Å². The summed E-state index contributed by atoms with van der Waals surface area (Å²) in [5, 5.41) is 0. The highest BCUT2D eigenvalue weighted by Crippen LogP contribution is 2.50. The summed E-state index contributed by atoms with van der Waals surface area (Å²) in [6, 6.07) is 10.9. The first-order valence-electron chi connectivity index (χ1n) is 8.99. The molecule has 1 aliphatic carbocycles. The Hall–Kier alpha value is -3.30. The molecule has 0 aliphatic heterocycles. The normalized spacial score (nSPS) is 18.2. The quantitative estimate of drug-likeness (QED) is 0.364. The van der Waals surface area contributed by atoms with Crippen molar-refractivity contribution in [1.82, 2.24) is 0 Å². The largest absolute Gasteiger partial charge is 0.448 e. The van der Waals surface area contributed by atoms with Gasteiger partial charge in [0.05, 0.1) is 5.92 Å². The number of rotatable bonds is 5. The number of nitrogen functional groups attached to an aromatic ring is 2. The number of hydrogen-bond acceptors (Lipinski definition) is 4. The summed E-state index contributed by atoms with van der Waals surface area (Å²) in [4.78, 5) is 0. The SMILES string of the molecule is Nc1ccc(OC2(Oc3ccc(N)cc3)C=CC=CC2C(C(F)(F)F)C(F)(F)F)cc1. The maximum absolute atomic E-state index is 13.6. The Morgan fingerprint density at radius 1 is 0.710 bits per heavy atom. The molecule has 0 amide bonds. The lowest BCUT2D eigenvalue weighted by Gasteiger charge is -2.42. The van der Waals surface area contributed by atoms with E-state index in [4.69, 9.17) is 20.9 Å². The van der Waals surface area contributed by atoms with E-state index < -0.39 is 30.0 Å². The van der Waals surface area contributed by atoms with Gasteiger partial charge in [-0.05, 0) is 48.5 Å². The zero-order chi connectivity index (χ0) is 22.9. The van der Waals surface area contributed by atoms with Gasteiger partial charge in [0.25, 0.3) is 5.79 Å². The molecule has 2 aromatic carbocycles. The molecule has 0 radical (unpaired) electrons. The van der Waals surface area contributed by atoms with E-state index in [2.05, 4.69) is 0 Å². The molecule has 10 heteroatoms. The van der Waals surface area contributed by atoms with Crippen molar-refractivity contribution >= 4 is 11.4 Å². The number of anilines is 2. The molecule has 0 saturated heterocycles. The second-order valence-electron chi connectivity index (χ2n) is 6.89. The highest BCUT2D eigenvalue weighted by Gasteiger charge is 2.65. The van der Waals surface area contributed by atoms with Crippen LogP contribution in [0.1, 0.15) is 0 Å². The molecule has 0 heterocycles. The summed E-state index contributed by atoms with van der Waals surface area (Å²) in [5.41, 5.74) is 11.9. The van der Waals surface area contributed by atoms with Crippen molar-refractivity contribution in [3.8, 4) is 11.5 Å². The van der Waals surface area contributed by atoms with E-state index in [1.165, 1.54) is 54.6 Å². The third-order valence-electron chi connectivity index (χ3n) is 4.60. The molecule has 0 spiro atoms. The van der Waals surface area contributed by atoms with Gasteiger partial charge >= 0.3 is 12.4 Å². The maximum atomic E-state index is 13.6. The molecule has 1 atom stereocenters. The van der Waals surface area contributed by atoms with E-state index in [0.717, 1.165) is 18.2 Å². The maximum Gasteiger partial charge on any atom is 0.401 e. The van der Waals surface area contributed by atoms with Crippen LogP contribution < -0.4 is 20.9 Å². The average Bonchev–Trinajstić information content (AvgIpc) is 2.65. The minimum atomic E-state index is -5.61. The first kappa shape index (κ1) is 22.4. The number of hydrogen-bond donors (Lipinski definition) is 2. The fraction of sp³-hybridized carbons (Fsp3) is 0.238. The third-order valence-corrected chi connectivity index (χ3v) is 4.60. The van der Waals surface area contributed by atoms with E-state index in [1.807, 2.05) is 0 Å². The van der Waals surface area contributed by atoms with Gasteiger partial charge in [0.15, 0.2) is 5.92 Å². The van der Waals surface area contributed by atoms with Crippen LogP contribution in [0.2, 0.25) is 0 Å². The molecule has 166 valence electrons. The molecule has 1 unspecified atom stereocenters. The average molecular weight is 444 g/mol. The molecule has 1 aliphatic rings. The molecule has 3 rings (SSSR count). The van der Waals surface area contributed by atoms with Crippen LogP contribution in [-0.4, -0.2) is 18.1 Å². The minimum Gasteiger partial charge on any atom is -0.448 e. The van der Waals surface area contributed by atoms with Gasteiger partial charge in [0.2, 0.25) is 0 Å². The summed E-state index contributed by atoms with van der Waals surface area (Å²) in [6.45, 7) is 0. The van der Waals surface area contributed by atoms with Crippen LogP contribution in [0, 0.1) is 11.8 Å². The Labute approximate surface area is 173 Å². The Morgan fingerprint density at radius 2 is 1.13 bits per heavy atom. The molecular weight excluding hydrogens is 426 g/mol. The predicted molar refractivity (Wildman–Crippen MR) is 103 cm³/mol. The van der Waals surface area contributed by atoms with Crippen molar-refractivity contribution in [2.24, 2.45) is 11.8 Å². The smallest absolute Gasteiger partial charge is 0.401 e. The number of benzene rings is 2. The van der Waals surface area contributed by atoms with Gasteiger partial charge in [0.1, 0.15) is 11.5 Å². The zero-order valence-electron chi connectivity index (χ0n) is 15.8. The van der Waals surface area contributed by atoms with Crippen molar-refractivity contribution in [3.63, 3.8) is 0 Å². The molecule has 0 fully saturated rings. The van der Waals surface area contributed by atoms with Crippen LogP contribution in [0.15, 0.2) is 72.8 Å². The van der Waals surface area contributed by atoms with Crippen molar-refractivity contribution < 1.29 is 35.8 Å². The van der Waals surface area contributed by atoms with Gasteiger partial charge < -0.3 is 20.9 Å². The summed E-state index contributed by atoms with van der Waals surface area (Å²) in [6.07, 6.45) is -7.08. The topological polar surface area (TPSA) is 70.5 Å². The fourth-order valence-electron chi connectivity index (χ4n) is 3.22. The second kappa shape index (κ2) is 8.09. The summed E-state index contributed by atoms with van der Waals surface area (Å²) >= 11 is 0. The van der Waals surface area contributed by atoms with E-state index >= 15 is 0 Å². The minimum absolute atomic E-state index is 0.0299. The molecule has 4 N–H and O–H groups in total. The van der Waals surface area contributed by atoms with Gasteiger partial charge in [-0.2, -0.15) is 26.3 Å². The van der Waals surface area contributed by atoms with Crippen molar-refractivity contribution in [2.45, 2.75) is 18.1 Å². The standard InChI is InChI=1S/C21H18F6N2O2/c22-20(23,24)18(21(25,26)27)17-3-1-2-12-19(17,30-15-8-4-13(28)5-9-15)31-16-10-6-14(29)7-11-16/h1-12,17-18H,28-29H2. The fourth-order valence-corrected chi connectivity index (χ4v) is 3.22. The van der Waals surface area contributed by atoms with Gasteiger partial charge in [-0.3, -0.25) is 0 Å². The van der Waals surface area contributed by atoms with Crippen LogP contribution in [0.5, 0.6) is 11.5 Å². The van der Waals surface area contributed by atoms with Gasteiger partial charge in [-0.1, -0.05) is 18.2 Å². The van der Waals surface area contributed by atoms with Crippen LogP contribution in [0.3, 0.4) is 0 Å². The summed E-state index contributed by atoms with van der Waals surface area (Å²) in [5.74, 6) is -8.55. The Kier molecular flexibility index (Phi) is 5.84. The van der Waals surface area contributed by atoms with Gasteiger partial charge in [0, 0.05) is 17.5 Å². The molecule has 4 nitrogen and oxygen atoms in total. The zero-order valence-corrected chi connectivity index (χ0v) is 15.8. The molecule has 31 heavy (non-hydrogen) atoms. The lowest BCUT2D eigenvalue weighted by Crippen LogP contribution is -2.56. The number of alkyl halides is 6. The number of halogens is 6. The Morgan fingerprint density at radius 3 is 1.52 bits per heavy atom. The highest BCUT2D eigenvalue weighted by molar-refractivity contribution is 5.43. The molecule has 0 saturated carbocycles. The number of nitrogens with two attached hydrogens (primary N) is 2. The number of ether oxygens (including phenoxy) is 2. The monoisotopic (exact) mass is 444 g/mol. The summed E-state index contributed by atoms with van der Waals surface area (Å²) < 4.78 is 93.0. The van der Waals surface area contributed by atoms with E-state index in [1.54, 1.807) is 0 Å². The first-order valence-corrected chi connectivity index (χ1v) is 8.99. The molecule has 0 bridgehead atoms. The molecule has 2 aromatic rings. The van der Waals surface area contributed by atoms with Gasteiger partial charge in [-0.15, -0.1) is 0 Å². The molecule has 0 aromatic heterocycles. The van der Waals surface area contributed by atoms with Gasteiger partial charge in [-0.25, -0.2) is 0 Å².